The average molecular weight is 545 g/mol. The van der Waals surface area contributed by atoms with E-state index in [2.05, 4.69) is 34.6 Å². The number of amides is 1. The van der Waals surface area contributed by atoms with Gasteiger partial charge in [-0.3, -0.25) is 9.78 Å². The summed E-state index contributed by atoms with van der Waals surface area (Å²) >= 11 is 0. The molecule has 3 aromatic carbocycles. The van der Waals surface area contributed by atoms with Crippen molar-refractivity contribution in [1.82, 2.24) is 10.3 Å². The van der Waals surface area contributed by atoms with E-state index in [-0.39, 0.29) is 12.5 Å². The molecule has 7 nitrogen and oxygen atoms in total. The van der Waals surface area contributed by atoms with Crippen LogP contribution in [-0.2, 0) is 24.3 Å². The molecule has 1 saturated heterocycles. The number of pyridine rings is 1. The lowest BCUT2D eigenvalue weighted by atomic mass is 9.98. The summed E-state index contributed by atoms with van der Waals surface area (Å²) in [4.78, 5) is 19.9. The predicted octanol–water partition coefficient (Wildman–Crippen LogP) is 5.67. The molecule has 3 heterocycles. The molecule has 41 heavy (non-hydrogen) atoms. The zero-order chi connectivity index (χ0) is 28.0. The molecular formula is C34H32N4O3. The van der Waals surface area contributed by atoms with E-state index < -0.39 is 0 Å². The smallest absolute Gasteiger partial charge is 0.258 e. The van der Waals surface area contributed by atoms with Gasteiger partial charge in [0.25, 0.3) is 5.91 Å². The van der Waals surface area contributed by atoms with Crippen LogP contribution >= 0.6 is 0 Å². The van der Waals surface area contributed by atoms with Gasteiger partial charge in [-0.2, -0.15) is 5.26 Å². The molecule has 1 aromatic heterocycles. The highest BCUT2D eigenvalue weighted by Gasteiger charge is 2.28. The van der Waals surface area contributed by atoms with Gasteiger partial charge in [0.15, 0.2) is 0 Å². The van der Waals surface area contributed by atoms with Crippen molar-refractivity contribution in [1.29, 1.82) is 5.26 Å². The third kappa shape index (κ3) is 5.99. The first-order chi connectivity index (χ1) is 20.2. The molecule has 0 unspecified atom stereocenters. The molecular weight excluding hydrogens is 512 g/mol. The first-order valence-corrected chi connectivity index (χ1v) is 14.1. The van der Waals surface area contributed by atoms with Gasteiger partial charge in [-0.05, 0) is 60.2 Å². The largest absolute Gasteiger partial charge is 0.488 e. The van der Waals surface area contributed by atoms with Crippen LogP contribution in [0.2, 0.25) is 0 Å². The van der Waals surface area contributed by atoms with Crippen LogP contribution in [0.4, 0.5) is 5.69 Å². The zero-order valence-electron chi connectivity index (χ0n) is 22.9. The van der Waals surface area contributed by atoms with Gasteiger partial charge in [-0.1, -0.05) is 48.5 Å². The van der Waals surface area contributed by atoms with E-state index in [1.165, 1.54) is 17.3 Å². The van der Waals surface area contributed by atoms with Gasteiger partial charge in [0.05, 0.1) is 5.56 Å². The van der Waals surface area contributed by atoms with E-state index in [0.29, 0.717) is 36.0 Å². The number of hydrogen-bond donors (Lipinski definition) is 1. The van der Waals surface area contributed by atoms with E-state index in [1.807, 2.05) is 53.4 Å². The van der Waals surface area contributed by atoms with Crippen molar-refractivity contribution >= 4 is 11.6 Å². The van der Waals surface area contributed by atoms with E-state index in [1.54, 1.807) is 12.3 Å². The molecule has 4 aromatic rings. The molecule has 1 amide bonds. The summed E-state index contributed by atoms with van der Waals surface area (Å²) < 4.78 is 11.8. The fourth-order valence-corrected chi connectivity index (χ4v) is 5.60. The maximum Gasteiger partial charge on any atom is 0.258 e. The summed E-state index contributed by atoms with van der Waals surface area (Å²) in [5.74, 6) is 0.603. The van der Waals surface area contributed by atoms with E-state index in [9.17, 15) is 10.1 Å². The highest BCUT2D eigenvalue weighted by atomic mass is 16.5. The van der Waals surface area contributed by atoms with Crippen molar-refractivity contribution in [2.24, 2.45) is 0 Å². The van der Waals surface area contributed by atoms with Gasteiger partial charge < -0.3 is 19.7 Å². The number of carbonyl (C=O) groups is 1. The minimum Gasteiger partial charge on any atom is -0.488 e. The van der Waals surface area contributed by atoms with Crippen LogP contribution in [0.3, 0.4) is 0 Å². The lowest BCUT2D eigenvalue weighted by Crippen LogP contribution is -2.34. The maximum absolute atomic E-state index is 13.9. The topological polar surface area (TPSA) is 87.5 Å². The summed E-state index contributed by atoms with van der Waals surface area (Å²) in [5, 5.41) is 12.9. The molecule has 7 heteroatoms. The van der Waals surface area contributed by atoms with Crippen molar-refractivity contribution in [3.63, 3.8) is 0 Å². The summed E-state index contributed by atoms with van der Waals surface area (Å²) in [6, 6.07) is 26.5. The number of aromatic nitrogens is 1. The van der Waals surface area contributed by atoms with Crippen molar-refractivity contribution in [2.75, 3.05) is 24.7 Å². The van der Waals surface area contributed by atoms with Crippen LogP contribution in [0.25, 0.3) is 11.1 Å². The van der Waals surface area contributed by atoms with Crippen molar-refractivity contribution < 1.29 is 14.3 Å². The summed E-state index contributed by atoms with van der Waals surface area (Å²) in [5.41, 5.74) is 7.33. The number of nitriles is 1. The standard InChI is InChI=1S/C34H32N4O3/c35-19-24-17-25(21-36-20-24)23-41-33-18-27(9-10-28(33)22-37-29-12-15-40-16-13-29)34(39)38-14-11-31-30(7-4-8-32(31)38)26-5-2-1-3-6-26/h1-10,17-18,20-21,29,37H,11-16,22-23H2. The number of benzene rings is 3. The van der Waals surface area contributed by atoms with Crippen molar-refractivity contribution in [3.8, 4) is 22.9 Å². The number of nitrogens with one attached hydrogen (secondary N) is 1. The summed E-state index contributed by atoms with van der Waals surface area (Å²) in [6.07, 6.45) is 5.98. The molecule has 0 saturated carbocycles. The quantitative estimate of drug-likeness (QED) is 0.308. The second kappa shape index (κ2) is 12.3. The van der Waals surface area contributed by atoms with Crippen LogP contribution in [0.1, 0.15) is 45.5 Å². The lowest BCUT2D eigenvalue weighted by Gasteiger charge is -2.24. The molecule has 1 N–H and O–H groups in total. The Morgan fingerprint density at radius 2 is 1.90 bits per heavy atom. The Labute approximate surface area is 240 Å². The Balaban J connectivity index is 1.26. The molecule has 6 rings (SSSR count). The molecule has 0 radical (unpaired) electrons. The third-order valence-electron chi connectivity index (χ3n) is 7.79. The molecule has 2 aliphatic heterocycles. The molecule has 2 aliphatic rings. The van der Waals surface area contributed by atoms with Crippen LogP contribution in [-0.4, -0.2) is 36.7 Å². The van der Waals surface area contributed by atoms with Gasteiger partial charge in [0.1, 0.15) is 18.4 Å². The van der Waals surface area contributed by atoms with Crippen LogP contribution < -0.4 is 15.0 Å². The Hall–Kier alpha value is -4.51. The first kappa shape index (κ1) is 26.7. The van der Waals surface area contributed by atoms with Crippen LogP contribution in [0.5, 0.6) is 5.75 Å². The highest BCUT2D eigenvalue weighted by molar-refractivity contribution is 6.08. The van der Waals surface area contributed by atoms with Crippen molar-refractivity contribution in [3.05, 3.63) is 113 Å². The number of ether oxygens (including phenoxy) is 2. The molecule has 0 spiro atoms. The summed E-state index contributed by atoms with van der Waals surface area (Å²) in [6.45, 7) is 3.03. The molecule has 0 aliphatic carbocycles. The Bertz CT molecular complexity index is 1570. The minimum atomic E-state index is -0.0455. The fraction of sp³-hybridized carbons (Fsp3) is 0.265. The van der Waals surface area contributed by atoms with Gasteiger partial charge in [-0.25, -0.2) is 0 Å². The maximum atomic E-state index is 13.9. The number of rotatable bonds is 8. The SMILES string of the molecule is N#Cc1cncc(COc2cc(C(=O)N3CCc4c(-c5ccccc5)cccc43)ccc2CNC2CCOCC2)c1. The average Bonchev–Trinajstić information content (AvgIpc) is 3.48. The number of hydrogen-bond acceptors (Lipinski definition) is 6. The number of nitrogens with zero attached hydrogens (tertiary/aromatic N) is 3. The predicted molar refractivity (Wildman–Crippen MR) is 158 cm³/mol. The monoisotopic (exact) mass is 544 g/mol. The highest BCUT2D eigenvalue weighted by Crippen LogP contribution is 2.37. The van der Waals surface area contributed by atoms with Gasteiger partial charge >= 0.3 is 0 Å². The number of fused-ring (bicyclic) bond motifs is 1. The van der Waals surface area contributed by atoms with E-state index in [0.717, 1.165) is 54.9 Å². The van der Waals surface area contributed by atoms with Crippen molar-refractivity contribution in [2.45, 2.75) is 38.5 Å². The summed E-state index contributed by atoms with van der Waals surface area (Å²) in [7, 11) is 0. The second-order valence-corrected chi connectivity index (χ2v) is 10.4. The molecule has 0 atom stereocenters. The number of carbonyl (C=O) groups excluding carboxylic acids is 1. The number of anilines is 1. The van der Waals surface area contributed by atoms with Gasteiger partial charge in [0.2, 0.25) is 0 Å². The van der Waals surface area contributed by atoms with E-state index >= 15 is 0 Å². The third-order valence-corrected chi connectivity index (χ3v) is 7.79. The molecule has 1 fully saturated rings. The van der Waals surface area contributed by atoms with Crippen LogP contribution in [0.15, 0.2) is 85.2 Å². The van der Waals surface area contributed by atoms with Gasteiger partial charge in [0, 0.05) is 67.1 Å². The van der Waals surface area contributed by atoms with E-state index in [4.69, 9.17) is 9.47 Å². The second-order valence-electron chi connectivity index (χ2n) is 10.4. The Morgan fingerprint density at radius 3 is 2.73 bits per heavy atom. The van der Waals surface area contributed by atoms with Crippen LogP contribution in [0, 0.1) is 11.3 Å². The normalized spacial score (nSPS) is 14.9. The fourth-order valence-electron chi connectivity index (χ4n) is 5.60. The first-order valence-electron chi connectivity index (χ1n) is 14.1. The molecule has 0 bridgehead atoms. The Morgan fingerprint density at radius 1 is 1.05 bits per heavy atom. The zero-order valence-corrected chi connectivity index (χ0v) is 22.9. The Kier molecular flexibility index (Phi) is 8.04. The minimum absolute atomic E-state index is 0.0455. The van der Waals surface area contributed by atoms with Gasteiger partial charge in [-0.15, -0.1) is 0 Å². The lowest BCUT2D eigenvalue weighted by molar-refractivity contribution is 0.0775. The molecule has 206 valence electrons.